The van der Waals surface area contributed by atoms with Crippen molar-refractivity contribution >= 4 is 35.5 Å². The third kappa shape index (κ3) is 2.50. The van der Waals surface area contributed by atoms with Gasteiger partial charge in [0.25, 0.3) is 0 Å². The fraction of sp³-hybridized carbons (Fsp3) is 0.333. The van der Waals surface area contributed by atoms with Crippen LogP contribution in [0.2, 0.25) is 0 Å². The van der Waals surface area contributed by atoms with Gasteiger partial charge in [0.2, 0.25) is 0 Å². The number of thioether (sulfide) groups is 1. The summed E-state index contributed by atoms with van der Waals surface area (Å²) >= 11 is 3.54. The lowest BCUT2D eigenvalue weighted by molar-refractivity contribution is 1.11. The van der Waals surface area contributed by atoms with Crippen LogP contribution in [0.1, 0.15) is 4.88 Å². The van der Waals surface area contributed by atoms with Crippen LogP contribution in [0.4, 0.5) is 0 Å². The molecule has 0 aliphatic carbocycles. The third-order valence-electron chi connectivity index (χ3n) is 1.04. The molecule has 1 aromatic heterocycles. The van der Waals surface area contributed by atoms with Crippen molar-refractivity contribution in [1.82, 2.24) is 0 Å². The molecule has 1 rings (SSSR count). The number of thiophene rings is 1. The van der Waals surface area contributed by atoms with E-state index in [-0.39, 0.29) is 12.4 Å². The van der Waals surface area contributed by atoms with Gasteiger partial charge in [-0.1, -0.05) is 0 Å². The van der Waals surface area contributed by atoms with Crippen molar-refractivity contribution in [3.63, 3.8) is 0 Å². The number of hydrogen-bond acceptors (Lipinski definition) is 3. The van der Waals surface area contributed by atoms with Crippen molar-refractivity contribution in [2.75, 3.05) is 6.26 Å². The molecular formula is C6H10ClNS2. The highest BCUT2D eigenvalue weighted by Gasteiger charge is 1.94. The Morgan fingerprint density at radius 2 is 2.30 bits per heavy atom. The summed E-state index contributed by atoms with van der Waals surface area (Å²) in [5, 5.41) is 0. The van der Waals surface area contributed by atoms with E-state index in [1.54, 1.807) is 23.1 Å². The van der Waals surface area contributed by atoms with Crippen molar-refractivity contribution < 1.29 is 0 Å². The molecule has 0 aromatic carbocycles. The average Bonchev–Trinajstić information content (AvgIpc) is 2.34. The van der Waals surface area contributed by atoms with Crippen LogP contribution in [-0.4, -0.2) is 6.26 Å². The normalized spacial score (nSPS) is 9.00. The van der Waals surface area contributed by atoms with Gasteiger partial charge in [0.1, 0.15) is 0 Å². The minimum atomic E-state index is 0. The van der Waals surface area contributed by atoms with Gasteiger partial charge in [-0.15, -0.1) is 35.5 Å². The average molecular weight is 196 g/mol. The molecule has 0 atom stereocenters. The maximum Gasteiger partial charge on any atom is 0.0599 e. The monoisotopic (exact) mass is 195 g/mol. The molecule has 0 aliphatic rings. The van der Waals surface area contributed by atoms with Gasteiger partial charge in [-0.2, -0.15) is 0 Å². The maximum absolute atomic E-state index is 5.42. The topological polar surface area (TPSA) is 26.0 Å². The quantitative estimate of drug-likeness (QED) is 0.734. The Labute approximate surface area is 75.4 Å². The molecule has 0 amide bonds. The molecule has 0 radical (unpaired) electrons. The minimum absolute atomic E-state index is 0. The van der Waals surface area contributed by atoms with Gasteiger partial charge < -0.3 is 5.73 Å². The Balaban J connectivity index is 0.000000810. The zero-order valence-electron chi connectivity index (χ0n) is 5.66. The first-order valence-corrected chi connectivity index (χ1v) is 4.73. The summed E-state index contributed by atoms with van der Waals surface area (Å²) in [7, 11) is 0. The van der Waals surface area contributed by atoms with Crippen LogP contribution < -0.4 is 5.73 Å². The van der Waals surface area contributed by atoms with E-state index >= 15 is 0 Å². The van der Waals surface area contributed by atoms with Crippen molar-refractivity contribution in [3.8, 4) is 0 Å². The molecule has 0 fully saturated rings. The summed E-state index contributed by atoms with van der Waals surface area (Å²) in [4.78, 5) is 1.26. The van der Waals surface area contributed by atoms with Gasteiger partial charge >= 0.3 is 0 Å². The van der Waals surface area contributed by atoms with E-state index in [0.717, 1.165) is 0 Å². The molecule has 1 nitrogen and oxygen atoms in total. The summed E-state index contributed by atoms with van der Waals surface area (Å²) < 4.78 is 1.34. The van der Waals surface area contributed by atoms with Crippen LogP contribution in [0.3, 0.4) is 0 Å². The maximum atomic E-state index is 5.42. The van der Waals surface area contributed by atoms with E-state index in [0.29, 0.717) is 6.54 Å². The van der Waals surface area contributed by atoms with Crippen molar-refractivity contribution in [3.05, 3.63) is 17.0 Å². The molecule has 0 bridgehead atoms. The standard InChI is InChI=1S/C6H9NS2.ClH/c1-8-6-3-2-5(4-7)9-6;/h2-3H,4,7H2,1H3;1H. The second kappa shape index (κ2) is 5.02. The largest absolute Gasteiger partial charge is 0.326 e. The smallest absolute Gasteiger partial charge is 0.0599 e. The Hall–Kier alpha value is 0.300. The molecule has 0 spiro atoms. The van der Waals surface area contributed by atoms with E-state index in [9.17, 15) is 0 Å². The zero-order valence-corrected chi connectivity index (χ0v) is 8.11. The van der Waals surface area contributed by atoms with Gasteiger partial charge in [-0.05, 0) is 18.4 Å². The molecule has 4 heteroatoms. The molecule has 0 saturated heterocycles. The van der Waals surface area contributed by atoms with Gasteiger partial charge in [0.15, 0.2) is 0 Å². The zero-order chi connectivity index (χ0) is 6.69. The third-order valence-corrected chi connectivity index (χ3v) is 3.23. The summed E-state index contributed by atoms with van der Waals surface area (Å²) in [6, 6.07) is 4.19. The summed E-state index contributed by atoms with van der Waals surface area (Å²) in [6.45, 7) is 0.672. The Kier molecular flexibility index (Phi) is 5.17. The van der Waals surface area contributed by atoms with E-state index < -0.39 is 0 Å². The summed E-state index contributed by atoms with van der Waals surface area (Å²) in [5.74, 6) is 0. The highest BCUT2D eigenvalue weighted by Crippen LogP contribution is 2.24. The molecule has 1 heterocycles. The summed E-state index contributed by atoms with van der Waals surface area (Å²) in [6.07, 6.45) is 2.08. The van der Waals surface area contributed by atoms with Crippen molar-refractivity contribution in [1.29, 1.82) is 0 Å². The Bertz CT molecular complexity index is 169. The lowest BCUT2D eigenvalue weighted by Gasteiger charge is -1.84. The second-order valence-corrected chi connectivity index (χ2v) is 3.90. The van der Waals surface area contributed by atoms with Crippen molar-refractivity contribution in [2.45, 2.75) is 10.8 Å². The highest BCUT2D eigenvalue weighted by molar-refractivity contribution is 8.00. The molecule has 1 aromatic rings. The van der Waals surface area contributed by atoms with E-state index in [2.05, 4.69) is 18.4 Å². The first-order valence-electron chi connectivity index (χ1n) is 2.69. The first-order chi connectivity index (χ1) is 4.36. The van der Waals surface area contributed by atoms with Crippen LogP contribution in [0.5, 0.6) is 0 Å². The fourth-order valence-electron chi connectivity index (χ4n) is 0.578. The van der Waals surface area contributed by atoms with Gasteiger partial charge in [0.05, 0.1) is 4.21 Å². The number of hydrogen-bond donors (Lipinski definition) is 1. The SMILES string of the molecule is CSc1ccc(CN)s1.Cl. The van der Waals surface area contributed by atoms with Gasteiger partial charge in [-0.25, -0.2) is 0 Å². The number of halogens is 1. The molecule has 0 aliphatic heterocycles. The highest BCUT2D eigenvalue weighted by atomic mass is 35.5. The Morgan fingerprint density at radius 3 is 2.60 bits per heavy atom. The van der Waals surface area contributed by atoms with Gasteiger partial charge in [-0.3, -0.25) is 0 Å². The van der Waals surface area contributed by atoms with Crippen LogP contribution in [0, 0.1) is 0 Å². The van der Waals surface area contributed by atoms with Gasteiger partial charge in [0, 0.05) is 11.4 Å². The molecule has 2 N–H and O–H groups in total. The summed E-state index contributed by atoms with van der Waals surface area (Å²) in [5.41, 5.74) is 5.42. The molecular weight excluding hydrogens is 186 g/mol. The van der Waals surface area contributed by atoms with Crippen LogP contribution in [0.25, 0.3) is 0 Å². The first kappa shape index (κ1) is 10.3. The minimum Gasteiger partial charge on any atom is -0.326 e. The molecule has 58 valence electrons. The lowest BCUT2D eigenvalue weighted by atomic mass is 10.5. The van der Waals surface area contributed by atoms with Crippen molar-refractivity contribution in [2.24, 2.45) is 5.73 Å². The predicted molar refractivity (Wildman–Crippen MR) is 51.2 cm³/mol. The number of rotatable bonds is 2. The van der Waals surface area contributed by atoms with E-state index in [1.807, 2.05) is 0 Å². The lowest BCUT2D eigenvalue weighted by Crippen LogP contribution is -1.90. The van der Waals surface area contributed by atoms with Crippen LogP contribution >= 0.6 is 35.5 Å². The van der Waals surface area contributed by atoms with Crippen LogP contribution in [0.15, 0.2) is 16.3 Å². The Morgan fingerprint density at radius 1 is 1.60 bits per heavy atom. The number of nitrogens with two attached hydrogens (primary N) is 1. The van der Waals surface area contributed by atoms with Crippen LogP contribution in [-0.2, 0) is 6.54 Å². The molecule has 10 heavy (non-hydrogen) atoms. The molecule has 0 unspecified atom stereocenters. The second-order valence-electron chi connectivity index (χ2n) is 1.63. The predicted octanol–water partition coefficient (Wildman–Crippen LogP) is 2.35. The van der Waals surface area contributed by atoms with E-state index in [4.69, 9.17) is 5.73 Å². The van der Waals surface area contributed by atoms with E-state index in [1.165, 1.54) is 9.09 Å². The molecule has 0 saturated carbocycles. The fourth-order valence-corrected chi connectivity index (χ4v) is 2.05.